The van der Waals surface area contributed by atoms with Crippen molar-refractivity contribution < 1.29 is 0 Å². The van der Waals surface area contributed by atoms with E-state index in [1.54, 1.807) is 0 Å². The topological polar surface area (TPSA) is 38.4 Å². The van der Waals surface area contributed by atoms with E-state index >= 15 is 0 Å². The van der Waals surface area contributed by atoms with Gasteiger partial charge in [0.1, 0.15) is 5.82 Å². The highest BCUT2D eigenvalue weighted by Gasteiger charge is 2.22. The monoisotopic (exact) mass is 279 g/mol. The first-order chi connectivity index (χ1) is 9.54. The molecule has 5 heteroatoms. The Kier molecular flexibility index (Phi) is 5.57. The largest absolute Gasteiger partial charge is 0.345 e. The highest BCUT2D eigenvalue weighted by Crippen LogP contribution is 2.16. The van der Waals surface area contributed by atoms with Crippen LogP contribution in [0.2, 0.25) is 0 Å². The fraction of sp³-hybridized carbons (Fsp3) is 0.800. The predicted molar refractivity (Wildman–Crippen MR) is 82.8 cm³/mol. The quantitative estimate of drug-likeness (QED) is 0.848. The highest BCUT2D eigenvalue weighted by molar-refractivity contribution is 5.00. The maximum atomic E-state index is 4.27. The first-order valence-electron chi connectivity index (χ1n) is 7.62. The predicted octanol–water partition coefficient (Wildman–Crippen LogP) is 1.18. The Morgan fingerprint density at radius 3 is 2.50 bits per heavy atom. The third-order valence-electron chi connectivity index (χ3n) is 4.23. The van der Waals surface area contributed by atoms with Crippen molar-refractivity contribution in [2.45, 2.75) is 32.4 Å². The molecule has 1 aromatic rings. The minimum absolute atomic E-state index is 0.745. The summed E-state index contributed by atoms with van der Waals surface area (Å²) in [5.41, 5.74) is 1.24. The zero-order valence-corrected chi connectivity index (χ0v) is 13.4. The van der Waals surface area contributed by atoms with Crippen LogP contribution in [0.4, 0.5) is 0 Å². The van der Waals surface area contributed by atoms with Gasteiger partial charge in [-0.15, -0.1) is 0 Å². The zero-order valence-electron chi connectivity index (χ0n) is 13.4. The van der Waals surface area contributed by atoms with Crippen molar-refractivity contribution in [1.29, 1.82) is 0 Å². The molecule has 1 N–H and O–H groups in total. The van der Waals surface area contributed by atoms with Crippen LogP contribution in [-0.4, -0.2) is 78.0 Å². The number of hydrogen-bond donors (Lipinski definition) is 1. The lowest BCUT2D eigenvalue weighted by Gasteiger charge is -2.37. The number of aryl methyl sites for hydroxylation is 1. The van der Waals surface area contributed by atoms with E-state index in [1.807, 2.05) is 13.1 Å². The molecule has 2 rings (SSSR count). The van der Waals surface area contributed by atoms with Gasteiger partial charge in [-0.05, 0) is 40.9 Å². The molecule has 114 valence electrons. The molecule has 1 aliphatic heterocycles. The van der Waals surface area contributed by atoms with Crippen LogP contribution in [-0.2, 0) is 6.54 Å². The molecule has 5 nitrogen and oxygen atoms in total. The normalized spacial score (nSPS) is 18.3. The Morgan fingerprint density at radius 2 is 1.95 bits per heavy atom. The molecule has 0 radical (unpaired) electrons. The first-order valence-corrected chi connectivity index (χ1v) is 7.62. The number of imidazole rings is 1. The van der Waals surface area contributed by atoms with E-state index in [9.17, 15) is 0 Å². The van der Waals surface area contributed by atoms with Crippen molar-refractivity contribution in [2.75, 3.05) is 47.3 Å². The SMILES string of the molecule is Cc1ncc(CN2CCC(N(C)CCN(C)C)CC2)[nH]1. The molecule has 0 spiro atoms. The summed E-state index contributed by atoms with van der Waals surface area (Å²) < 4.78 is 0. The maximum absolute atomic E-state index is 4.27. The molecule has 0 amide bonds. The van der Waals surface area contributed by atoms with Crippen LogP contribution in [0.1, 0.15) is 24.4 Å². The molecule has 0 atom stereocenters. The molecule has 1 saturated heterocycles. The van der Waals surface area contributed by atoms with E-state index in [0.717, 1.165) is 31.5 Å². The lowest BCUT2D eigenvalue weighted by atomic mass is 10.0. The van der Waals surface area contributed by atoms with Crippen LogP contribution in [0.25, 0.3) is 0 Å². The Labute approximate surface area is 123 Å². The molecule has 0 aliphatic carbocycles. The van der Waals surface area contributed by atoms with Crippen molar-refractivity contribution in [3.05, 3.63) is 17.7 Å². The molecule has 20 heavy (non-hydrogen) atoms. The zero-order chi connectivity index (χ0) is 14.5. The van der Waals surface area contributed by atoms with Gasteiger partial charge >= 0.3 is 0 Å². The molecule has 1 aliphatic rings. The van der Waals surface area contributed by atoms with Crippen molar-refractivity contribution in [1.82, 2.24) is 24.7 Å². The van der Waals surface area contributed by atoms with Gasteiger partial charge in [0.15, 0.2) is 0 Å². The summed E-state index contributed by atoms with van der Waals surface area (Å²) in [4.78, 5) is 14.9. The molecule has 2 heterocycles. The van der Waals surface area contributed by atoms with Gasteiger partial charge in [-0.2, -0.15) is 0 Å². The van der Waals surface area contributed by atoms with Gasteiger partial charge < -0.3 is 14.8 Å². The van der Waals surface area contributed by atoms with Crippen molar-refractivity contribution in [3.8, 4) is 0 Å². The molecular formula is C15H29N5. The number of likely N-dealkylation sites (N-methyl/N-ethyl adjacent to an activating group) is 2. The summed E-state index contributed by atoms with van der Waals surface area (Å²) in [6.45, 7) is 7.70. The molecule has 1 aromatic heterocycles. The van der Waals surface area contributed by atoms with E-state index in [0.29, 0.717) is 0 Å². The van der Waals surface area contributed by atoms with Gasteiger partial charge in [0.2, 0.25) is 0 Å². The number of rotatable bonds is 6. The van der Waals surface area contributed by atoms with Crippen LogP contribution in [0.15, 0.2) is 6.20 Å². The number of aromatic amines is 1. The van der Waals surface area contributed by atoms with Gasteiger partial charge in [-0.25, -0.2) is 4.98 Å². The number of hydrogen-bond acceptors (Lipinski definition) is 4. The van der Waals surface area contributed by atoms with E-state index in [1.165, 1.54) is 31.6 Å². The van der Waals surface area contributed by atoms with Gasteiger partial charge in [-0.3, -0.25) is 4.90 Å². The second-order valence-corrected chi connectivity index (χ2v) is 6.29. The van der Waals surface area contributed by atoms with Crippen LogP contribution >= 0.6 is 0 Å². The standard InChI is InChI=1S/C15H29N5/c1-13-16-11-14(17-13)12-20-7-5-15(6-8-20)19(4)10-9-18(2)3/h11,15H,5-10,12H2,1-4H3,(H,16,17). The van der Waals surface area contributed by atoms with E-state index in [4.69, 9.17) is 0 Å². The van der Waals surface area contributed by atoms with Crippen LogP contribution in [0, 0.1) is 6.92 Å². The van der Waals surface area contributed by atoms with Gasteiger partial charge in [0, 0.05) is 50.7 Å². The maximum Gasteiger partial charge on any atom is 0.103 e. The summed E-state index contributed by atoms with van der Waals surface area (Å²) in [5, 5.41) is 0. The Hall–Kier alpha value is -0.910. The summed E-state index contributed by atoms with van der Waals surface area (Å²) in [7, 11) is 6.55. The van der Waals surface area contributed by atoms with Gasteiger partial charge in [0.25, 0.3) is 0 Å². The number of aromatic nitrogens is 2. The number of H-pyrrole nitrogens is 1. The number of nitrogens with zero attached hydrogens (tertiary/aromatic N) is 4. The molecule has 0 bridgehead atoms. The van der Waals surface area contributed by atoms with Gasteiger partial charge in [0.05, 0.1) is 0 Å². The molecular weight excluding hydrogens is 250 g/mol. The second-order valence-electron chi connectivity index (χ2n) is 6.29. The number of nitrogens with one attached hydrogen (secondary N) is 1. The average molecular weight is 279 g/mol. The van der Waals surface area contributed by atoms with Crippen LogP contribution < -0.4 is 0 Å². The van der Waals surface area contributed by atoms with Crippen LogP contribution in [0.5, 0.6) is 0 Å². The minimum Gasteiger partial charge on any atom is -0.345 e. The molecule has 0 aromatic carbocycles. The smallest absolute Gasteiger partial charge is 0.103 e. The average Bonchev–Trinajstić information content (AvgIpc) is 2.82. The number of piperidine rings is 1. The Bertz CT molecular complexity index is 393. The third-order valence-corrected chi connectivity index (χ3v) is 4.23. The summed E-state index contributed by atoms with van der Waals surface area (Å²) in [6.07, 6.45) is 4.51. The van der Waals surface area contributed by atoms with Crippen molar-refractivity contribution in [2.24, 2.45) is 0 Å². The summed E-state index contributed by atoms with van der Waals surface area (Å²) in [6, 6.07) is 0.745. The van der Waals surface area contributed by atoms with E-state index in [2.05, 4.69) is 45.8 Å². The van der Waals surface area contributed by atoms with E-state index < -0.39 is 0 Å². The minimum atomic E-state index is 0.745. The summed E-state index contributed by atoms with van der Waals surface area (Å²) >= 11 is 0. The lowest BCUT2D eigenvalue weighted by Crippen LogP contribution is -2.44. The second kappa shape index (κ2) is 7.20. The first kappa shape index (κ1) is 15.5. The fourth-order valence-corrected chi connectivity index (χ4v) is 2.85. The lowest BCUT2D eigenvalue weighted by molar-refractivity contribution is 0.117. The summed E-state index contributed by atoms with van der Waals surface area (Å²) in [5.74, 6) is 1.01. The highest BCUT2D eigenvalue weighted by atomic mass is 15.2. The Morgan fingerprint density at radius 1 is 1.25 bits per heavy atom. The fourth-order valence-electron chi connectivity index (χ4n) is 2.85. The van der Waals surface area contributed by atoms with E-state index in [-0.39, 0.29) is 0 Å². The van der Waals surface area contributed by atoms with Crippen LogP contribution in [0.3, 0.4) is 0 Å². The molecule has 0 unspecified atom stereocenters. The third kappa shape index (κ3) is 4.58. The molecule has 0 saturated carbocycles. The van der Waals surface area contributed by atoms with Crippen molar-refractivity contribution in [3.63, 3.8) is 0 Å². The Balaban J connectivity index is 1.71. The number of likely N-dealkylation sites (tertiary alicyclic amines) is 1. The molecule has 1 fully saturated rings. The van der Waals surface area contributed by atoms with Gasteiger partial charge in [-0.1, -0.05) is 0 Å². The van der Waals surface area contributed by atoms with Crippen molar-refractivity contribution >= 4 is 0 Å².